The molecular formula is C23H21Cl2N3O3S. The minimum atomic E-state index is -0.951. The summed E-state index contributed by atoms with van der Waals surface area (Å²) in [6.45, 7) is 5.12. The minimum absolute atomic E-state index is 0.0915. The lowest BCUT2D eigenvalue weighted by Crippen LogP contribution is -2.26. The SMILES string of the molecule is C=CCN(Cc1ccc(C(=O)NCCC(=O)O)cc1)c1nc(-c2ccc(Cl)c(Cl)c2)cs1. The van der Waals surface area contributed by atoms with Crippen LogP contribution in [0.15, 0.2) is 60.5 Å². The Kier molecular flexibility index (Phi) is 8.27. The number of carbonyl (C=O) groups excluding carboxylic acids is 1. The molecule has 0 aliphatic carbocycles. The molecule has 0 radical (unpaired) electrons. The van der Waals surface area contributed by atoms with Crippen LogP contribution in [0.4, 0.5) is 5.13 Å². The molecule has 0 saturated heterocycles. The van der Waals surface area contributed by atoms with Crippen molar-refractivity contribution in [2.75, 3.05) is 18.0 Å². The van der Waals surface area contributed by atoms with E-state index in [-0.39, 0.29) is 18.9 Å². The summed E-state index contributed by atoms with van der Waals surface area (Å²) in [4.78, 5) is 29.5. The van der Waals surface area contributed by atoms with Gasteiger partial charge in [-0.1, -0.05) is 47.5 Å². The predicted octanol–water partition coefficient (Wildman–Crippen LogP) is 5.51. The molecule has 1 heterocycles. The molecule has 0 unspecified atom stereocenters. The summed E-state index contributed by atoms with van der Waals surface area (Å²) in [7, 11) is 0. The van der Waals surface area contributed by atoms with Gasteiger partial charge in [0.1, 0.15) is 0 Å². The van der Waals surface area contributed by atoms with Crippen LogP contribution in [0.1, 0.15) is 22.3 Å². The minimum Gasteiger partial charge on any atom is -0.481 e. The number of carboxylic acid groups (broad SMARTS) is 1. The molecule has 3 aromatic rings. The lowest BCUT2D eigenvalue weighted by Gasteiger charge is -2.20. The Labute approximate surface area is 200 Å². The zero-order valence-corrected chi connectivity index (χ0v) is 19.4. The number of benzene rings is 2. The van der Waals surface area contributed by atoms with Crippen molar-refractivity contribution in [2.24, 2.45) is 0 Å². The average Bonchev–Trinajstić information content (AvgIpc) is 3.26. The number of hydrogen-bond donors (Lipinski definition) is 2. The fourth-order valence-corrected chi connectivity index (χ4v) is 4.07. The van der Waals surface area contributed by atoms with Gasteiger partial charge in [-0.3, -0.25) is 9.59 Å². The second-order valence-electron chi connectivity index (χ2n) is 6.91. The van der Waals surface area contributed by atoms with E-state index >= 15 is 0 Å². The van der Waals surface area contributed by atoms with Gasteiger partial charge in [-0.2, -0.15) is 0 Å². The van der Waals surface area contributed by atoms with Gasteiger partial charge in [0.2, 0.25) is 0 Å². The van der Waals surface area contributed by atoms with E-state index in [1.807, 2.05) is 29.7 Å². The van der Waals surface area contributed by atoms with Crippen LogP contribution in [0.5, 0.6) is 0 Å². The first kappa shape index (κ1) is 23.8. The average molecular weight is 490 g/mol. The van der Waals surface area contributed by atoms with Gasteiger partial charge in [-0.25, -0.2) is 4.98 Å². The van der Waals surface area contributed by atoms with E-state index < -0.39 is 5.97 Å². The van der Waals surface area contributed by atoms with Crippen molar-refractivity contribution < 1.29 is 14.7 Å². The van der Waals surface area contributed by atoms with Crippen LogP contribution in [0.3, 0.4) is 0 Å². The maximum atomic E-state index is 12.1. The molecule has 1 amide bonds. The van der Waals surface area contributed by atoms with Crippen LogP contribution in [0.25, 0.3) is 11.3 Å². The smallest absolute Gasteiger partial charge is 0.305 e. The third kappa shape index (κ3) is 6.32. The van der Waals surface area contributed by atoms with Crippen molar-refractivity contribution in [2.45, 2.75) is 13.0 Å². The monoisotopic (exact) mass is 489 g/mol. The largest absolute Gasteiger partial charge is 0.481 e. The molecule has 0 atom stereocenters. The standard InChI is InChI=1S/C23H21Cl2N3O3S/c1-2-11-28(23-27-20(14-32-23)17-7-8-18(24)19(25)12-17)13-15-3-5-16(6-4-15)22(31)26-10-9-21(29)30/h2-8,12,14H,1,9-11,13H2,(H,26,31)(H,29,30). The van der Waals surface area contributed by atoms with Crippen LogP contribution < -0.4 is 10.2 Å². The lowest BCUT2D eigenvalue weighted by molar-refractivity contribution is -0.136. The summed E-state index contributed by atoms with van der Waals surface area (Å²) < 4.78 is 0. The summed E-state index contributed by atoms with van der Waals surface area (Å²) in [6.07, 6.45) is 1.70. The van der Waals surface area contributed by atoms with E-state index in [1.165, 1.54) is 11.3 Å². The molecule has 0 saturated carbocycles. The van der Waals surface area contributed by atoms with Crippen molar-refractivity contribution >= 4 is 51.5 Å². The Balaban J connectivity index is 1.69. The molecule has 2 aromatic carbocycles. The van der Waals surface area contributed by atoms with Crippen molar-refractivity contribution in [3.8, 4) is 11.3 Å². The topological polar surface area (TPSA) is 82.5 Å². The number of carboxylic acids is 1. The first-order valence-electron chi connectivity index (χ1n) is 9.73. The Morgan fingerprint density at radius 1 is 1.16 bits per heavy atom. The van der Waals surface area contributed by atoms with E-state index in [2.05, 4.69) is 16.8 Å². The molecule has 0 spiro atoms. The molecule has 2 N–H and O–H groups in total. The van der Waals surface area contributed by atoms with Gasteiger partial charge in [0.05, 0.1) is 22.2 Å². The van der Waals surface area contributed by atoms with E-state index in [0.717, 1.165) is 22.0 Å². The molecule has 0 bridgehead atoms. The maximum absolute atomic E-state index is 12.1. The zero-order valence-electron chi connectivity index (χ0n) is 17.1. The number of hydrogen-bond acceptors (Lipinski definition) is 5. The maximum Gasteiger partial charge on any atom is 0.305 e. The lowest BCUT2D eigenvalue weighted by atomic mass is 10.1. The molecule has 9 heteroatoms. The van der Waals surface area contributed by atoms with E-state index in [4.69, 9.17) is 33.3 Å². The second kappa shape index (κ2) is 11.1. The fraction of sp³-hybridized carbons (Fsp3) is 0.174. The van der Waals surface area contributed by atoms with Gasteiger partial charge in [-0.15, -0.1) is 17.9 Å². The van der Waals surface area contributed by atoms with Gasteiger partial charge in [0.15, 0.2) is 5.13 Å². The quantitative estimate of drug-likeness (QED) is 0.366. The van der Waals surface area contributed by atoms with E-state index in [1.54, 1.807) is 24.3 Å². The molecule has 0 fully saturated rings. The zero-order chi connectivity index (χ0) is 23.1. The first-order valence-corrected chi connectivity index (χ1v) is 11.4. The van der Waals surface area contributed by atoms with Crippen molar-refractivity contribution in [1.29, 1.82) is 0 Å². The normalized spacial score (nSPS) is 10.6. The Morgan fingerprint density at radius 3 is 2.56 bits per heavy atom. The highest BCUT2D eigenvalue weighted by atomic mass is 35.5. The van der Waals surface area contributed by atoms with Gasteiger partial charge >= 0.3 is 5.97 Å². The number of aromatic nitrogens is 1. The molecule has 1 aromatic heterocycles. The van der Waals surface area contributed by atoms with Crippen LogP contribution >= 0.6 is 34.5 Å². The number of nitrogens with one attached hydrogen (secondary N) is 1. The van der Waals surface area contributed by atoms with Gasteiger partial charge < -0.3 is 15.3 Å². The van der Waals surface area contributed by atoms with Crippen molar-refractivity contribution in [3.63, 3.8) is 0 Å². The highest BCUT2D eigenvalue weighted by molar-refractivity contribution is 7.14. The Hall–Kier alpha value is -2.87. The molecule has 32 heavy (non-hydrogen) atoms. The third-order valence-corrected chi connectivity index (χ3v) is 6.18. The Bertz CT molecular complexity index is 1120. The number of halogens is 2. The molecule has 166 valence electrons. The third-order valence-electron chi connectivity index (χ3n) is 4.54. The second-order valence-corrected chi connectivity index (χ2v) is 8.56. The number of anilines is 1. The number of rotatable bonds is 10. The van der Waals surface area contributed by atoms with Gasteiger partial charge in [0.25, 0.3) is 5.91 Å². The summed E-state index contributed by atoms with van der Waals surface area (Å²) in [6, 6.07) is 12.6. The molecule has 6 nitrogen and oxygen atoms in total. The van der Waals surface area contributed by atoms with Crippen LogP contribution in [0, 0.1) is 0 Å². The van der Waals surface area contributed by atoms with E-state index in [9.17, 15) is 9.59 Å². The van der Waals surface area contributed by atoms with Crippen LogP contribution in [-0.4, -0.2) is 35.1 Å². The van der Waals surface area contributed by atoms with Crippen molar-refractivity contribution in [1.82, 2.24) is 10.3 Å². The summed E-state index contributed by atoms with van der Waals surface area (Å²) in [5.41, 5.74) is 3.18. The fourth-order valence-electron chi connectivity index (χ4n) is 2.93. The summed E-state index contributed by atoms with van der Waals surface area (Å²) >= 11 is 13.7. The number of amides is 1. The van der Waals surface area contributed by atoms with Gasteiger partial charge in [0, 0.05) is 36.1 Å². The highest BCUT2D eigenvalue weighted by Crippen LogP contribution is 2.32. The van der Waals surface area contributed by atoms with Crippen LogP contribution in [0.2, 0.25) is 10.0 Å². The van der Waals surface area contributed by atoms with E-state index in [0.29, 0.717) is 28.7 Å². The summed E-state index contributed by atoms with van der Waals surface area (Å²) in [5, 5.41) is 15.0. The predicted molar refractivity (Wildman–Crippen MR) is 130 cm³/mol. The first-order chi connectivity index (χ1) is 15.4. The highest BCUT2D eigenvalue weighted by Gasteiger charge is 2.13. The molecule has 0 aliphatic rings. The Morgan fingerprint density at radius 2 is 1.91 bits per heavy atom. The summed E-state index contributed by atoms with van der Waals surface area (Å²) in [5.74, 6) is -1.25. The number of aliphatic carboxylic acids is 1. The van der Waals surface area contributed by atoms with Crippen molar-refractivity contribution in [3.05, 3.63) is 81.7 Å². The number of carbonyl (C=O) groups is 2. The molecular weight excluding hydrogens is 469 g/mol. The van der Waals surface area contributed by atoms with Crippen LogP contribution in [-0.2, 0) is 11.3 Å². The van der Waals surface area contributed by atoms with Gasteiger partial charge in [-0.05, 0) is 29.8 Å². The molecule has 3 rings (SSSR count). The number of nitrogens with zero attached hydrogens (tertiary/aromatic N) is 2. The molecule has 0 aliphatic heterocycles. The number of thiazole rings is 1.